The van der Waals surface area contributed by atoms with E-state index < -0.39 is 0 Å². The highest BCUT2D eigenvalue weighted by atomic mass is 15.0. The normalized spacial score (nSPS) is 12.1. The number of rotatable bonds is 4. The molecule has 0 N–H and O–H groups in total. The van der Waals surface area contributed by atoms with Crippen molar-refractivity contribution in [3.8, 4) is 33.6 Å². The molecule has 0 saturated heterocycles. The van der Waals surface area contributed by atoms with Gasteiger partial charge in [-0.15, -0.1) is 0 Å². The molecule has 0 fully saturated rings. The van der Waals surface area contributed by atoms with Gasteiger partial charge in [-0.2, -0.15) is 0 Å². The third-order valence-corrected chi connectivity index (χ3v) is 13.9. The number of para-hydroxylation sites is 2. The van der Waals surface area contributed by atoms with E-state index in [1.54, 1.807) is 0 Å². The highest BCUT2D eigenvalue weighted by Crippen LogP contribution is 2.43. The summed E-state index contributed by atoms with van der Waals surface area (Å²) in [5.41, 5.74) is 12.1. The predicted molar refractivity (Wildman–Crippen MR) is 274 cm³/mol. The number of aromatic nitrogens is 2. The number of hydrogen-bond acceptors (Lipinski definition) is 0. The topological polar surface area (TPSA) is 9.86 Å². The highest BCUT2D eigenvalue weighted by molar-refractivity contribution is 6.26. The Morgan fingerprint density at radius 3 is 1.34 bits per heavy atom. The van der Waals surface area contributed by atoms with Crippen LogP contribution >= 0.6 is 0 Å². The van der Waals surface area contributed by atoms with E-state index in [0.717, 1.165) is 0 Å². The molecule has 0 amide bonds. The molecular formula is C62H38N2. The molecule has 0 bridgehead atoms. The van der Waals surface area contributed by atoms with Crippen LogP contribution in [0, 0.1) is 0 Å². The molecule has 2 heterocycles. The van der Waals surface area contributed by atoms with Crippen LogP contribution in [0.4, 0.5) is 0 Å². The van der Waals surface area contributed by atoms with Gasteiger partial charge in [-0.05, 0) is 125 Å². The fourth-order valence-electron chi connectivity index (χ4n) is 11.0. The molecule has 12 aromatic carbocycles. The van der Waals surface area contributed by atoms with Crippen molar-refractivity contribution in [3.05, 3.63) is 231 Å². The fraction of sp³-hybridized carbons (Fsp3) is 0. The Morgan fingerprint density at radius 2 is 0.688 bits per heavy atom. The molecule has 14 rings (SSSR count). The van der Waals surface area contributed by atoms with Crippen molar-refractivity contribution in [2.45, 2.75) is 0 Å². The fourth-order valence-corrected chi connectivity index (χ4v) is 11.0. The van der Waals surface area contributed by atoms with Crippen LogP contribution in [0.1, 0.15) is 0 Å². The lowest BCUT2D eigenvalue weighted by Crippen LogP contribution is -1.94. The summed E-state index contributed by atoms with van der Waals surface area (Å²) in [5, 5.41) is 17.7. The van der Waals surface area contributed by atoms with Gasteiger partial charge in [-0.25, -0.2) is 0 Å². The third-order valence-electron chi connectivity index (χ3n) is 13.9. The Labute approximate surface area is 369 Å². The van der Waals surface area contributed by atoms with E-state index in [1.165, 1.54) is 131 Å². The zero-order valence-electron chi connectivity index (χ0n) is 34.8. The predicted octanol–water partition coefficient (Wildman–Crippen LogP) is 17.0. The van der Waals surface area contributed by atoms with Gasteiger partial charge in [0.25, 0.3) is 0 Å². The SMILES string of the molecule is c1ccc(-n2c3ccc(-c4ccc(-c5ccc6c(c5)c5ccccc5n6-c5ccc6c7ccccc7c7ccccc7c6c5)c5ccccc45)cc3c3ccc4ccccc4c32)cc1. The van der Waals surface area contributed by atoms with E-state index in [4.69, 9.17) is 0 Å². The van der Waals surface area contributed by atoms with Gasteiger partial charge in [0.05, 0.1) is 22.1 Å². The molecule has 296 valence electrons. The molecule has 0 aliphatic heterocycles. The monoisotopic (exact) mass is 810 g/mol. The number of nitrogens with zero attached hydrogens (tertiary/aromatic N) is 2. The summed E-state index contributed by atoms with van der Waals surface area (Å²) in [6, 6.07) is 85.3. The minimum absolute atomic E-state index is 1.17. The standard InChI is InChI=1S/C62H38N2/c1-2-15-42(16-3-1)64-61-35-28-41(37-58(61)55-30-26-39-14-4-5-17-46(39)62(55)64)45-33-32-44(47-18-6-7-19-48(45)47)40-27-34-60-57(36-40)54-24-12-13-25-59(54)63(60)43-29-31-53-51-22-9-8-20-49(51)50-21-10-11-23-52(50)56(53)38-43/h1-38H. The van der Waals surface area contributed by atoms with Gasteiger partial charge in [-0.3, -0.25) is 0 Å². The van der Waals surface area contributed by atoms with E-state index in [2.05, 4.69) is 240 Å². The lowest BCUT2D eigenvalue weighted by atomic mass is 9.91. The lowest BCUT2D eigenvalue weighted by Gasteiger charge is -2.14. The van der Waals surface area contributed by atoms with Crippen molar-refractivity contribution in [2.75, 3.05) is 0 Å². The van der Waals surface area contributed by atoms with Gasteiger partial charge < -0.3 is 9.13 Å². The molecule has 0 spiro atoms. The van der Waals surface area contributed by atoms with Crippen LogP contribution < -0.4 is 0 Å². The number of fused-ring (bicyclic) bond motifs is 15. The number of benzene rings is 12. The smallest absolute Gasteiger partial charge is 0.0619 e. The van der Waals surface area contributed by atoms with Crippen molar-refractivity contribution in [2.24, 2.45) is 0 Å². The van der Waals surface area contributed by atoms with E-state index in [0.29, 0.717) is 0 Å². The van der Waals surface area contributed by atoms with Crippen molar-refractivity contribution in [3.63, 3.8) is 0 Å². The Balaban J connectivity index is 0.933. The first-order chi connectivity index (χ1) is 31.8. The van der Waals surface area contributed by atoms with E-state index in [9.17, 15) is 0 Å². The maximum absolute atomic E-state index is 2.45. The van der Waals surface area contributed by atoms with Crippen LogP contribution in [0.25, 0.3) is 131 Å². The second kappa shape index (κ2) is 13.5. The maximum Gasteiger partial charge on any atom is 0.0619 e. The summed E-state index contributed by atoms with van der Waals surface area (Å²) in [7, 11) is 0. The average molecular weight is 811 g/mol. The summed E-state index contributed by atoms with van der Waals surface area (Å²) in [5.74, 6) is 0. The molecule has 2 heteroatoms. The highest BCUT2D eigenvalue weighted by Gasteiger charge is 2.19. The second-order valence-corrected chi connectivity index (χ2v) is 17.2. The molecule has 2 aromatic heterocycles. The first-order valence-corrected chi connectivity index (χ1v) is 22.2. The Morgan fingerprint density at radius 1 is 0.219 bits per heavy atom. The van der Waals surface area contributed by atoms with Crippen molar-refractivity contribution in [1.82, 2.24) is 9.13 Å². The van der Waals surface area contributed by atoms with Crippen LogP contribution in [-0.4, -0.2) is 9.13 Å². The average Bonchev–Trinajstić information content (AvgIpc) is 3.89. The van der Waals surface area contributed by atoms with Crippen molar-refractivity contribution in [1.29, 1.82) is 0 Å². The molecule has 0 atom stereocenters. The Bertz CT molecular complexity index is 4210. The van der Waals surface area contributed by atoms with E-state index in [1.807, 2.05) is 0 Å². The van der Waals surface area contributed by atoms with Crippen LogP contribution in [0.15, 0.2) is 231 Å². The lowest BCUT2D eigenvalue weighted by molar-refractivity contribution is 1.19. The summed E-state index contributed by atoms with van der Waals surface area (Å²) >= 11 is 0. The zero-order chi connectivity index (χ0) is 41.9. The molecule has 0 aliphatic carbocycles. The second-order valence-electron chi connectivity index (χ2n) is 17.2. The van der Waals surface area contributed by atoms with Crippen LogP contribution in [0.2, 0.25) is 0 Å². The molecule has 2 nitrogen and oxygen atoms in total. The first-order valence-electron chi connectivity index (χ1n) is 22.2. The third kappa shape index (κ3) is 5.02. The minimum atomic E-state index is 1.17. The summed E-state index contributed by atoms with van der Waals surface area (Å²) in [4.78, 5) is 0. The van der Waals surface area contributed by atoms with Gasteiger partial charge in [-0.1, -0.05) is 176 Å². The maximum atomic E-state index is 2.45. The quantitative estimate of drug-likeness (QED) is 0.157. The first kappa shape index (κ1) is 35.2. The zero-order valence-corrected chi connectivity index (χ0v) is 34.8. The van der Waals surface area contributed by atoms with Crippen LogP contribution in [0.3, 0.4) is 0 Å². The summed E-state index contributed by atoms with van der Waals surface area (Å²) in [6.45, 7) is 0. The van der Waals surface area contributed by atoms with Gasteiger partial charge >= 0.3 is 0 Å². The molecular weight excluding hydrogens is 773 g/mol. The van der Waals surface area contributed by atoms with Crippen LogP contribution in [0.5, 0.6) is 0 Å². The summed E-state index contributed by atoms with van der Waals surface area (Å²) in [6.07, 6.45) is 0. The van der Waals surface area contributed by atoms with Gasteiger partial charge in [0.1, 0.15) is 0 Å². The van der Waals surface area contributed by atoms with Crippen molar-refractivity contribution < 1.29 is 0 Å². The Hall–Kier alpha value is -8.46. The number of hydrogen-bond donors (Lipinski definition) is 0. The summed E-state index contributed by atoms with van der Waals surface area (Å²) < 4.78 is 4.89. The largest absolute Gasteiger partial charge is 0.309 e. The van der Waals surface area contributed by atoms with E-state index in [-0.39, 0.29) is 0 Å². The van der Waals surface area contributed by atoms with E-state index >= 15 is 0 Å². The minimum Gasteiger partial charge on any atom is -0.309 e. The van der Waals surface area contributed by atoms with Gasteiger partial charge in [0.15, 0.2) is 0 Å². The van der Waals surface area contributed by atoms with Gasteiger partial charge in [0.2, 0.25) is 0 Å². The molecule has 0 unspecified atom stereocenters. The molecule has 14 aromatic rings. The van der Waals surface area contributed by atoms with Crippen LogP contribution in [-0.2, 0) is 0 Å². The van der Waals surface area contributed by atoms with Gasteiger partial charge in [0, 0.05) is 38.3 Å². The molecule has 0 radical (unpaired) electrons. The Kier molecular flexibility index (Phi) is 7.43. The molecule has 0 saturated carbocycles. The molecule has 0 aliphatic rings. The van der Waals surface area contributed by atoms with Crippen molar-refractivity contribution >= 4 is 97.5 Å². The molecule has 64 heavy (non-hydrogen) atoms.